The van der Waals surface area contributed by atoms with Crippen LogP contribution in [-0.4, -0.2) is 80.8 Å². The molecule has 0 saturated carbocycles. The Kier molecular flexibility index (Phi) is 7.11. The van der Waals surface area contributed by atoms with Gasteiger partial charge >= 0.3 is 0 Å². The number of aliphatic imine (C=N–C) groups is 1. The molecule has 11 heteroatoms. The van der Waals surface area contributed by atoms with E-state index in [9.17, 15) is 24.9 Å². The number of aliphatic hydroxyl groups is 3. The number of rotatable bonds is 5. The van der Waals surface area contributed by atoms with Gasteiger partial charge in [-0.3, -0.25) is 14.6 Å². The van der Waals surface area contributed by atoms with Crippen molar-refractivity contribution in [3.63, 3.8) is 0 Å². The number of nitrogens with zero attached hydrogens (tertiary/aromatic N) is 1. The van der Waals surface area contributed by atoms with Gasteiger partial charge in [-0.1, -0.05) is 32.5 Å². The summed E-state index contributed by atoms with van der Waals surface area (Å²) < 4.78 is 11.5. The van der Waals surface area contributed by atoms with E-state index < -0.39 is 54.1 Å². The zero-order valence-electron chi connectivity index (χ0n) is 17.8. The number of hydrogen-bond donors (Lipinski definition) is 5. The summed E-state index contributed by atoms with van der Waals surface area (Å²) in [6, 6.07) is -1.03. The summed E-state index contributed by atoms with van der Waals surface area (Å²) >= 11 is 1.44. The number of hydrogen-bond acceptors (Lipinski definition) is 9. The fourth-order valence-corrected chi connectivity index (χ4v) is 4.39. The maximum Gasteiger partial charge on any atom is 0.227 e. The molecule has 1 saturated heterocycles. The summed E-state index contributed by atoms with van der Waals surface area (Å²) in [6.45, 7) is 6.24. The van der Waals surface area contributed by atoms with Gasteiger partial charge in [0.2, 0.25) is 18.1 Å². The Morgan fingerprint density at radius 3 is 2.55 bits per heavy atom. The topological polar surface area (TPSA) is 150 Å². The van der Waals surface area contributed by atoms with Gasteiger partial charge in [0, 0.05) is 12.3 Å². The van der Waals surface area contributed by atoms with Crippen molar-refractivity contribution in [1.29, 1.82) is 0 Å². The van der Waals surface area contributed by atoms with Crippen molar-refractivity contribution in [2.24, 2.45) is 10.4 Å². The second-order valence-corrected chi connectivity index (χ2v) is 9.87. The first-order valence-electron chi connectivity index (χ1n) is 10.00. The van der Waals surface area contributed by atoms with Gasteiger partial charge < -0.3 is 35.4 Å². The lowest BCUT2D eigenvalue weighted by molar-refractivity contribution is -0.258. The minimum Gasteiger partial charge on any atom is -0.463 e. The van der Waals surface area contributed by atoms with E-state index in [-0.39, 0.29) is 11.2 Å². The second-order valence-electron chi connectivity index (χ2n) is 8.64. The van der Waals surface area contributed by atoms with Gasteiger partial charge in [-0.25, -0.2) is 0 Å². The first-order valence-corrected chi connectivity index (χ1v) is 10.9. The van der Waals surface area contributed by atoms with Crippen LogP contribution in [0.1, 0.15) is 27.7 Å². The average Bonchev–Trinajstić information content (AvgIpc) is 3.08. The summed E-state index contributed by atoms with van der Waals surface area (Å²) in [6.07, 6.45) is 0.276. The maximum atomic E-state index is 12.2. The van der Waals surface area contributed by atoms with Crippen molar-refractivity contribution in [2.45, 2.75) is 69.1 Å². The van der Waals surface area contributed by atoms with Crippen LogP contribution in [-0.2, 0) is 19.1 Å². The van der Waals surface area contributed by atoms with Crippen molar-refractivity contribution >= 4 is 29.3 Å². The minimum absolute atomic E-state index is 0.103. The van der Waals surface area contributed by atoms with Gasteiger partial charge in [-0.05, 0) is 18.2 Å². The summed E-state index contributed by atoms with van der Waals surface area (Å²) in [5.74, 6) is -0.115. The fraction of sp³-hybridized carbons (Fsp3) is 0.650. The van der Waals surface area contributed by atoms with Gasteiger partial charge in [-0.2, -0.15) is 0 Å². The number of aliphatic hydroxyl groups excluding tert-OH is 3. The van der Waals surface area contributed by atoms with Crippen molar-refractivity contribution in [3.05, 3.63) is 24.0 Å². The molecule has 0 radical (unpaired) electrons. The Morgan fingerprint density at radius 1 is 1.23 bits per heavy atom. The molecule has 0 aromatic carbocycles. The molecule has 2 amide bonds. The monoisotopic (exact) mass is 455 g/mol. The molecule has 1 fully saturated rings. The summed E-state index contributed by atoms with van der Waals surface area (Å²) in [5.41, 5.74) is -0.163. The second kappa shape index (κ2) is 9.29. The highest BCUT2D eigenvalue weighted by atomic mass is 32.2. The van der Waals surface area contributed by atoms with E-state index in [1.54, 1.807) is 18.2 Å². The zero-order chi connectivity index (χ0) is 22.9. The predicted molar refractivity (Wildman–Crippen MR) is 114 cm³/mol. The lowest BCUT2D eigenvalue weighted by atomic mass is 9.96. The van der Waals surface area contributed by atoms with E-state index in [4.69, 9.17) is 9.47 Å². The molecule has 0 bridgehead atoms. The van der Waals surface area contributed by atoms with Gasteiger partial charge in [0.05, 0.1) is 17.6 Å². The summed E-state index contributed by atoms with van der Waals surface area (Å²) in [5, 5.41) is 35.2. The van der Waals surface area contributed by atoms with Gasteiger partial charge in [-0.15, -0.1) is 0 Å². The van der Waals surface area contributed by atoms with Crippen LogP contribution in [0.3, 0.4) is 0 Å². The maximum absolute atomic E-state index is 12.2. The molecule has 0 aromatic heterocycles. The van der Waals surface area contributed by atoms with Crippen LogP contribution in [0.5, 0.6) is 0 Å². The molecule has 5 N–H and O–H groups in total. The smallest absolute Gasteiger partial charge is 0.227 e. The molecule has 0 aromatic rings. The molecule has 4 unspecified atom stereocenters. The lowest BCUT2D eigenvalue weighted by Crippen LogP contribution is -2.64. The molecule has 1 aliphatic carbocycles. The van der Waals surface area contributed by atoms with Crippen LogP contribution in [0.2, 0.25) is 0 Å². The first kappa shape index (κ1) is 23.7. The number of ether oxygens (including phenoxy) is 2. The van der Waals surface area contributed by atoms with Crippen LogP contribution in [0, 0.1) is 5.41 Å². The molecule has 172 valence electrons. The van der Waals surface area contributed by atoms with Crippen LogP contribution in [0.15, 0.2) is 29.0 Å². The van der Waals surface area contributed by atoms with Gasteiger partial charge in [0.15, 0.2) is 5.50 Å². The standard InChI is InChI=1S/C20H29N3O7S/c1-9(25)21-14-16(27)15(26)12(8-24)30-17(14)29-10-5-6-11-13(7-10)31-19(22-11)23-18(28)20(2,3)4/h5-7,12-17,19,24,26-27H,8H2,1-4H3,(H,21,25)(H,23,28)/t12?,13?,14?,15-,16-,17-,19?/m1/s1. The quantitative estimate of drug-likeness (QED) is 0.369. The average molecular weight is 456 g/mol. The number of thioether (sulfide) groups is 1. The third-order valence-corrected chi connectivity index (χ3v) is 6.16. The Balaban J connectivity index is 1.69. The van der Waals surface area contributed by atoms with Crippen molar-refractivity contribution in [1.82, 2.24) is 10.6 Å². The molecule has 2 heterocycles. The van der Waals surface area contributed by atoms with Crippen LogP contribution >= 0.6 is 11.8 Å². The fourth-order valence-electron chi connectivity index (χ4n) is 3.26. The Hall–Kier alpha value is -1.92. The highest BCUT2D eigenvalue weighted by Gasteiger charge is 2.46. The van der Waals surface area contributed by atoms with Crippen LogP contribution in [0.4, 0.5) is 0 Å². The molecule has 31 heavy (non-hydrogen) atoms. The van der Waals surface area contributed by atoms with E-state index in [0.717, 1.165) is 5.71 Å². The van der Waals surface area contributed by atoms with Crippen molar-refractivity contribution < 1.29 is 34.4 Å². The zero-order valence-corrected chi connectivity index (χ0v) is 18.6. The highest BCUT2D eigenvalue weighted by molar-refractivity contribution is 8.01. The highest BCUT2D eigenvalue weighted by Crippen LogP contribution is 2.33. The molecular formula is C20H29N3O7S. The van der Waals surface area contributed by atoms with E-state index in [1.807, 2.05) is 20.8 Å². The van der Waals surface area contributed by atoms with E-state index in [2.05, 4.69) is 15.6 Å². The molecule has 3 rings (SSSR count). The van der Waals surface area contributed by atoms with E-state index >= 15 is 0 Å². The number of allylic oxidation sites excluding steroid dienone is 2. The predicted octanol–water partition coefficient (Wildman–Crippen LogP) is -0.597. The van der Waals surface area contributed by atoms with Gasteiger partial charge in [0.1, 0.15) is 30.1 Å². The van der Waals surface area contributed by atoms with Crippen LogP contribution in [0.25, 0.3) is 0 Å². The minimum atomic E-state index is -1.39. The van der Waals surface area contributed by atoms with Crippen molar-refractivity contribution in [3.8, 4) is 0 Å². The summed E-state index contributed by atoms with van der Waals surface area (Å²) in [7, 11) is 0. The lowest BCUT2D eigenvalue weighted by Gasteiger charge is -2.42. The molecule has 3 aliphatic rings. The largest absolute Gasteiger partial charge is 0.463 e. The Bertz CT molecular complexity index is 807. The SMILES string of the molecule is CC(=O)NC1[C@H](OC2=CC3SC(NC(=O)C(C)(C)C)N=C3C=C2)OC(CO)[C@@H](O)[C@@H]1O. The van der Waals surface area contributed by atoms with E-state index in [1.165, 1.54) is 18.7 Å². The number of amides is 2. The summed E-state index contributed by atoms with van der Waals surface area (Å²) in [4.78, 5) is 28.3. The normalized spacial score (nSPS) is 35.0. The molecular weight excluding hydrogens is 426 g/mol. The third kappa shape index (κ3) is 5.47. The van der Waals surface area contributed by atoms with Crippen molar-refractivity contribution in [2.75, 3.05) is 6.61 Å². The molecule has 2 aliphatic heterocycles. The Morgan fingerprint density at radius 2 is 1.94 bits per heavy atom. The molecule has 10 nitrogen and oxygen atoms in total. The molecule has 7 atom stereocenters. The van der Waals surface area contributed by atoms with E-state index in [0.29, 0.717) is 5.76 Å². The number of carbonyl (C=O) groups is 2. The third-order valence-electron chi connectivity index (χ3n) is 5.01. The Labute approximate surface area is 184 Å². The van der Waals surface area contributed by atoms with Crippen LogP contribution < -0.4 is 10.6 Å². The first-order chi connectivity index (χ1) is 14.5. The number of nitrogens with one attached hydrogen (secondary N) is 2. The van der Waals surface area contributed by atoms with Gasteiger partial charge in [0.25, 0.3) is 0 Å². The number of fused-ring (bicyclic) bond motifs is 1. The number of carbonyl (C=O) groups excluding carboxylic acids is 2. The molecule has 0 spiro atoms.